The molecule has 0 bridgehead atoms. The van der Waals surface area contributed by atoms with Gasteiger partial charge >= 0.3 is 5.97 Å². The van der Waals surface area contributed by atoms with E-state index in [0.29, 0.717) is 24.9 Å². The number of halogens is 1. The minimum absolute atomic E-state index is 0.320. The molecule has 2 heterocycles. The molecule has 1 aromatic rings. The van der Waals surface area contributed by atoms with Crippen LogP contribution in [0.15, 0.2) is 18.5 Å². The van der Waals surface area contributed by atoms with Gasteiger partial charge in [0.15, 0.2) is 0 Å². The molecule has 1 unspecified atom stereocenters. The highest BCUT2D eigenvalue weighted by atomic mass is 19.1. The van der Waals surface area contributed by atoms with Crippen molar-refractivity contribution in [2.45, 2.75) is 19.3 Å². The monoisotopic (exact) mass is 238 g/mol. The van der Waals surface area contributed by atoms with Crippen LogP contribution in [-0.2, 0) is 11.2 Å². The fourth-order valence-corrected chi connectivity index (χ4v) is 2.32. The molecule has 4 nitrogen and oxygen atoms in total. The molecule has 92 valence electrons. The lowest BCUT2D eigenvalue weighted by molar-refractivity contribution is -0.150. The molecule has 17 heavy (non-hydrogen) atoms. The van der Waals surface area contributed by atoms with Gasteiger partial charge in [-0.2, -0.15) is 0 Å². The number of pyridine rings is 1. The molecule has 1 aromatic heterocycles. The van der Waals surface area contributed by atoms with Gasteiger partial charge in [0, 0.05) is 12.7 Å². The summed E-state index contributed by atoms with van der Waals surface area (Å²) in [6.07, 6.45) is 4.42. The number of rotatable bonds is 3. The molecule has 0 radical (unpaired) electrons. The Hall–Kier alpha value is -1.49. The summed E-state index contributed by atoms with van der Waals surface area (Å²) in [6.45, 7) is 1.27. The predicted octanol–water partition coefficient (Wildman–Crippen LogP) is 1.22. The van der Waals surface area contributed by atoms with E-state index < -0.39 is 17.2 Å². The number of hydrogen-bond donors (Lipinski definition) is 2. The third-order valence-corrected chi connectivity index (χ3v) is 3.23. The highest BCUT2D eigenvalue weighted by molar-refractivity contribution is 5.75. The SMILES string of the molecule is O=C(O)C1(Cc2cncc(F)c2)CCCNC1. The number of hydrogen-bond acceptors (Lipinski definition) is 3. The maximum absolute atomic E-state index is 13.0. The number of piperidine rings is 1. The number of carbonyl (C=O) groups is 1. The van der Waals surface area contributed by atoms with E-state index in [9.17, 15) is 14.3 Å². The quantitative estimate of drug-likeness (QED) is 0.831. The van der Waals surface area contributed by atoms with E-state index in [-0.39, 0.29) is 0 Å². The smallest absolute Gasteiger partial charge is 0.311 e. The lowest BCUT2D eigenvalue weighted by Crippen LogP contribution is -2.47. The van der Waals surface area contributed by atoms with Crippen molar-refractivity contribution < 1.29 is 14.3 Å². The Bertz CT molecular complexity index is 417. The second-order valence-electron chi connectivity index (χ2n) is 4.55. The number of carboxylic acids is 1. The van der Waals surface area contributed by atoms with Gasteiger partial charge in [0.2, 0.25) is 0 Å². The molecule has 0 aliphatic carbocycles. The number of carboxylic acid groups (broad SMARTS) is 1. The van der Waals surface area contributed by atoms with Gasteiger partial charge in [-0.05, 0) is 37.4 Å². The maximum atomic E-state index is 13.0. The van der Waals surface area contributed by atoms with E-state index in [2.05, 4.69) is 10.3 Å². The molecule has 2 N–H and O–H groups in total. The van der Waals surface area contributed by atoms with Crippen LogP contribution in [0.25, 0.3) is 0 Å². The zero-order valence-electron chi connectivity index (χ0n) is 9.45. The van der Waals surface area contributed by atoms with Gasteiger partial charge in [-0.3, -0.25) is 9.78 Å². The molecular formula is C12H15FN2O2. The van der Waals surface area contributed by atoms with Crippen LogP contribution in [0.3, 0.4) is 0 Å². The fourth-order valence-electron chi connectivity index (χ4n) is 2.32. The van der Waals surface area contributed by atoms with Crippen LogP contribution in [-0.4, -0.2) is 29.1 Å². The summed E-state index contributed by atoms with van der Waals surface area (Å²) < 4.78 is 13.0. The molecule has 5 heteroatoms. The van der Waals surface area contributed by atoms with Crippen molar-refractivity contribution in [1.82, 2.24) is 10.3 Å². The van der Waals surface area contributed by atoms with Gasteiger partial charge in [0.05, 0.1) is 11.6 Å². The van der Waals surface area contributed by atoms with Crippen molar-refractivity contribution in [2.75, 3.05) is 13.1 Å². The van der Waals surface area contributed by atoms with E-state index in [1.807, 2.05) is 0 Å². The lowest BCUT2D eigenvalue weighted by atomic mass is 9.76. The normalized spacial score (nSPS) is 24.5. The molecule has 2 rings (SSSR count). The van der Waals surface area contributed by atoms with E-state index in [1.54, 1.807) is 0 Å². The Morgan fingerprint density at radius 3 is 3.00 bits per heavy atom. The summed E-state index contributed by atoms with van der Waals surface area (Å²) in [7, 11) is 0. The Kier molecular flexibility index (Phi) is 3.38. The molecule has 1 saturated heterocycles. The second kappa shape index (κ2) is 4.79. The molecule has 0 saturated carbocycles. The Labute approximate surface area is 98.9 Å². The van der Waals surface area contributed by atoms with Gasteiger partial charge in [0.1, 0.15) is 5.82 Å². The van der Waals surface area contributed by atoms with Crippen LogP contribution >= 0.6 is 0 Å². The molecule has 1 aliphatic rings. The maximum Gasteiger partial charge on any atom is 0.311 e. The molecule has 1 fully saturated rings. The first-order valence-corrected chi connectivity index (χ1v) is 5.66. The highest BCUT2D eigenvalue weighted by Crippen LogP contribution is 2.30. The molecule has 0 aromatic carbocycles. The first kappa shape index (κ1) is 12.0. The van der Waals surface area contributed by atoms with Crippen LogP contribution in [0.2, 0.25) is 0 Å². The third kappa shape index (κ3) is 2.61. The first-order chi connectivity index (χ1) is 8.12. The van der Waals surface area contributed by atoms with Gasteiger partial charge in [0.25, 0.3) is 0 Å². The van der Waals surface area contributed by atoms with Gasteiger partial charge < -0.3 is 10.4 Å². The van der Waals surface area contributed by atoms with Gasteiger partial charge in [-0.15, -0.1) is 0 Å². The van der Waals surface area contributed by atoms with E-state index in [0.717, 1.165) is 19.2 Å². The van der Waals surface area contributed by atoms with E-state index in [1.165, 1.54) is 12.3 Å². The minimum atomic E-state index is -0.826. The summed E-state index contributed by atoms with van der Waals surface area (Å²) in [5.41, 5.74) is -0.190. The molecular weight excluding hydrogens is 223 g/mol. The molecule has 0 amide bonds. The van der Waals surface area contributed by atoms with E-state index in [4.69, 9.17) is 0 Å². The van der Waals surface area contributed by atoms with Crippen LogP contribution < -0.4 is 5.32 Å². The van der Waals surface area contributed by atoms with Crippen LogP contribution in [0.5, 0.6) is 0 Å². The second-order valence-corrected chi connectivity index (χ2v) is 4.55. The molecule has 0 spiro atoms. The van der Waals surface area contributed by atoms with Crippen molar-refractivity contribution in [1.29, 1.82) is 0 Å². The summed E-state index contributed by atoms with van der Waals surface area (Å²) in [5.74, 6) is -1.25. The van der Waals surface area contributed by atoms with Crippen molar-refractivity contribution >= 4 is 5.97 Å². The Morgan fingerprint density at radius 1 is 1.59 bits per heavy atom. The van der Waals surface area contributed by atoms with Gasteiger partial charge in [-0.25, -0.2) is 4.39 Å². The summed E-state index contributed by atoms with van der Waals surface area (Å²) in [4.78, 5) is 15.2. The minimum Gasteiger partial charge on any atom is -0.481 e. The average molecular weight is 238 g/mol. The topological polar surface area (TPSA) is 62.2 Å². The zero-order chi connectivity index (χ0) is 12.3. The lowest BCUT2D eigenvalue weighted by Gasteiger charge is -2.33. The van der Waals surface area contributed by atoms with Crippen molar-refractivity contribution in [3.63, 3.8) is 0 Å². The highest BCUT2D eigenvalue weighted by Gasteiger charge is 2.39. The summed E-state index contributed by atoms with van der Waals surface area (Å²) in [6, 6.07) is 1.35. The Morgan fingerprint density at radius 2 is 2.41 bits per heavy atom. The standard InChI is InChI=1S/C12H15FN2O2/c13-10-4-9(6-15-7-10)5-12(11(16)17)2-1-3-14-8-12/h4,6-7,14H,1-3,5,8H2,(H,16,17). The van der Waals surface area contributed by atoms with Crippen LogP contribution in [0, 0.1) is 11.2 Å². The van der Waals surface area contributed by atoms with Crippen molar-refractivity contribution in [3.05, 3.63) is 29.8 Å². The van der Waals surface area contributed by atoms with Crippen LogP contribution in [0.4, 0.5) is 4.39 Å². The average Bonchev–Trinajstić information content (AvgIpc) is 2.30. The molecule has 1 aliphatic heterocycles. The van der Waals surface area contributed by atoms with E-state index >= 15 is 0 Å². The largest absolute Gasteiger partial charge is 0.481 e. The fraction of sp³-hybridized carbons (Fsp3) is 0.500. The Balaban J connectivity index is 2.20. The number of nitrogens with zero attached hydrogens (tertiary/aromatic N) is 1. The zero-order valence-corrected chi connectivity index (χ0v) is 9.45. The number of aliphatic carboxylic acids is 1. The molecule has 1 atom stereocenters. The van der Waals surface area contributed by atoms with Crippen LogP contribution in [0.1, 0.15) is 18.4 Å². The number of nitrogens with one attached hydrogen (secondary N) is 1. The van der Waals surface area contributed by atoms with Crippen molar-refractivity contribution in [3.8, 4) is 0 Å². The predicted molar refractivity (Wildman–Crippen MR) is 60.1 cm³/mol. The van der Waals surface area contributed by atoms with Crippen molar-refractivity contribution in [2.24, 2.45) is 5.41 Å². The van der Waals surface area contributed by atoms with Gasteiger partial charge in [-0.1, -0.05) is 0 Å². The summed E-state index contributed by atoms with van der Waals surface area (Å²) >= 11 is 0. The summed E-state index contributed by atoms with van der Waals surface area (Å²) in [5, 5.41) is 12.5. The first-order valence-electron chi connectivity index (χ1n) is 5.66. The third-order valence-electron chi connectivity index (χ3n) is 3.23. The number of aromatic nitrogens is 1.